The van der Waals surface area contributed by atoms with E-state index in [0.717, 1.165) is 17.0 Å². The summed E-state index contributed by atoms with van der Waals surface area (Å²) in [7, 11) is 0. The highest BCUT2D eigenvalue weighted by Gasteiger charge is 2.06. The first-order valence-electron chi connectivity index (χ1n) is 5.50. The second kappa shape index (κ2) is 4.41. The van der Waals surface area contributed by atoms with Crippen LogP contribution in [0.2, 0.25) is 0 Å². The van der Waals surface area contributed by atoms with Gasteiger partial charge >= 0.3 is 5.97 Å². The molecule has 4 nitrogen and oxygen atoms in total. The summed E-state index contributed by atoms with van der Waals surface area (Å²) in [6, 6.07) is 5.66. The van der Waals surface area contributed by atoms with Gasteiger partial charge in [-0.25, -0.2) is 9.78 Å². The van der Waals surface area contributed by atoms with Crippen LogP contribution in [-0.2, 0) is 4.79 Å². The zero-order valence-corrected chi connectivity index (χ0v) is 9.84. The summed E-state index contributed by atoms with van der Waals surface area (Å²) >= 11 is 0. The van der Waals surface area contributed by atoms with Crippen LogP contribution < -0.4 is 0 Å². The van der Waals surface area contributed by atoms with Gasteiger partial charge in [0.15, 0.2) is 0 Å². The maximum Gasteiger partial charge on any atom is 0.331 e. The fourth-order valence-corrected chi connectivity index (χ4v) is 1.77. The lowest BCUT2D eigenvalue weighted by molar-refractivity contribution is -0.132. The number of imidazole rings is 1. The summed E-state index contributed by atoms with van der Waals surface area (Å²) < 4.78 is 1.90. The number of nitrogens with zero attached hydrogens (tertiary/aromatic N) is 2. The van der Waals surface area contributed by atoms with Gasteiger partial charge in [0.1, 0.15) is 5.65 Å². The Morgan fingerprint density at radius 3 is 2.94 bits per heavy atom. The van der Waals surface area contributed by atoms with E-state index in [9.17, 15) is 4.79 Å². The van der Waals surface area contributed by atoms with E-state index in [2.05, 4.69) is 4.98 Å². The van der Waals surface area contributed by atoms with Crippen LogP contribution in [0.1, 0.15) is 24.7 Å². The largest absolute Gasteiger partial charge is 0.478 e. The van der Waals surface area contributed by atoms with Crippen LogP contribution in [0.15, 0.2) is 30.0 Å². The highest BCUT2D eigenvalue weighted by molar-refractivity contribution is 5.91. The minimum atomic E-state index is -0.874. The molecule has 0 atom stereocenters. The van der Waals surface area contributed by atoms with Crippen LogP contribution >= 0.6 is 0 Å². The predicted molar refractivity (Wildman–Crippen MR) is 65.8 cm³/mol. The molecule has 4 heteroatoms. The number of carboxylic acid groups (broad SMARTS) is 1. The lowest BCUT2D eigenvalue weighted by atomic mass is 10.1. The molecule has 2 rings (SSSR count). The van der Waals surface area contributed by atoms with Crippen molar-refractivity contribution in [3.63, 3.8) is 0 Å². The average molecular weight is 230 g/mol. The molecule has 0 aliphatic heterocycles. The molecule has 17 heavy (non-hydrogen) atoms. The number of aromatic nitrogens is 2. The van der Waals surface area contributed by atoms with Crippen LogP contribution in [0, 0.1) is 6.92 Å². The monoisotopic (exact) mass is 230 g/mol. The number of rotatable bonds is 3. The van der Waals surface area contributed by atoms with Gasteiger partial charge in [0, 0.05) is 17.5 Å². The number of hydrogen-bond acceptors (Lipinski definition) is 2. The van der Waals surface area contributed by atoms with Gasteiger partial charge in [-0.2, -0.15) is 0 Å². The normalized spacial score (nSPS) is 12.0. The van der Waals surface area contributed by atoms with E-state index in [0.29, 0.717) is 12.0 Å². The molecule has 0 fully saturated rings. The number of aliphatic carboxylic acids is 1. The van der Waals surface area contributed by atoms with Crippen LogP contribution in [-0.4, -0.2) is 20.5 Å². The van der Waals surface area contributed by atoms with Crippen molar-refractivity contribution in [1.82, 2.24) is 9.38 Å². The Balaban J connectivity index is 2.59. The molecule has 0 aliphatic carbocycles. The quantitative estimate of drug-likeness (QED) is 0.824. The second-order valence-electron chi connectivity index (χ2n) is 3.89. The third-order valence-electron chi connectivity index (χ3n) is 2.62. The third-order valence-corrected chi connectivity index (χ3v) is 2.62. The maximum atomic E-state index is 11.0. The van der Waals surface area contributed by atoms with Crippen molar-refractivity contribution in [2.75, 3.05) is 0 Å². The molecule has 0 saturated carbocycles. The SMILES string of the molecule is CC/C(=C\c1cccc2nc(C)cn12)C(=O)O. The first-order chi connectivity index (χ1) is 8.11. The fourth-order valence-electron chi connectivity index (χ4n) is 1.77. The number of carbonyl (C=O) groups is 1. The van der Waals surface area contributed by atoms with Crippen molar-refractivity contribution < 1.29 is 9.90 Å². The fraction of sp³-hybridized carbons (Fsp3) is 0.231. The number of aryl methyl sites for hydroxylation is 1. The van der Waals surface area contributed by atoms with Crippen LogP contribution in [0.3, 0.4) is 0 Å². The summed E-state index contributed by atoms with van der Waals surface area (Å²) in [5, 5.41) is 9.02. The third kappa shape index (κ3) is 2.20. The average Bonchev–Trinajstić information content (AvgIpc) is 2.66. The molecule has 0 spiro atoms. The van der Waals surface area contributed by atoms with Gasteiger partial charge in [-0.15, -0.1) is 0 Å². The van der Waals surface area contributed by atoms with Gasteiger partial charge in [0.05, 0.1) is 5.69 Å². The Bertz CT molecular complexity index is 596. The highest BCUT2D eigenvalue weighted by atomic mass is 16.4. The van der Waals surface area contributed by atoms with E-state index in [1.807, 2.05) is 42.6 Å². The van der Waals surface area contributed by atoms with Crippen molar-refractivity contribution in [2.45, 2.75) is 20.3 Å². The molecule has 0 bridgehead atoms. The van der Waals surface area contributed by atoms with Crippen molar-refractivity contribution in [1.29, 1.82) is 0 Å². The molecule has 2 aromatic heterocycles. The molecule has 0 saturated heterocycles. The summed E-state index contributed by atoms with van der Waals surface area (Å²) in [4.78, 5) is 15.3. The molecule has 2 aromatic rings. The van der Waals surface area contributed by atoms with Crippen molar-refractivity contribution >= 4 is 17.7 Å². The first kappa shape index (κ1) is 11.4. The minimum Gasteiger partial charge on any atom is -0.478 e. The molecule has 0 aromatic carbocycles. The predicted octanol–water partition coefficient (Wildman–Crippen LogP) is 2.52. The van der Waals surface area contributed by atoms with Crippen molar-refractivity contribution in [3.05, 3.63) is 41.4 Å². The summed E-state index contributed by atoms with van der Waals surface area (Å²) in [6.45, 7) is 3.75. The minimum absolute atomic E-state index is 0.392. The Labute approximate surface area is 99.2 Å². The van der Waals surface area contributed by atoms with Gasteiger partial charge in [0.2, 0.25) is 0 Å². The maximum absolute atomic E-state index is 11.0. The van der Waals surface area contributed by atoms with E-state index in [1.165, 1.54) is 0 Å². The zero-order valence-electron chi connectivity index (χ0n) is 9.84. The molecule has 0 amide bonds. The van der Waals surface area contributed by atoms with Crippen LogP contribution in [0.25, 0.3) is 11.7 Å². The van der Waals surface area contributed by atoms with Crippen LogP contribution in [0.5, 0.6) is 0 Å². The summed E-state index contributed by atoms with van der Waals surface area (Å²) in [6.07, 6.45) is 4.09. The number of fused-ring (bicyclic) bond motifs is 1. The Morgan fingerprint density at radius 1 is 1.53 bits per heavy atom. The number of carboxylic acids is 1. The van der Waals surface area contributed by atoms with E-state index >= 15 is 0 Å². The molecular formula is C13H14N2O2. The van der Waals surface area contributed by atoms with Gasteiger partial charge in [-0.1, -0.05) is 13.0 Å². The highest BCUT2D eigenvalue weighted by Crippen LogP contribution is 2.13. The van der Waals surface area contributed by atoms with E-state index in [1.54, 1.807) is 6.08 Å². The molecule has 1 N–H and O–H groups in total. The molecule has 88 valence electrons. The molecule has 0 aliphatic rings. The van der Waals surface area contributed by atoms with Crippen LogP contribution in [0.4, 0.5) is 0 Å². The standard InChI is InChI=1S/C13H14N2O2/c1-3-10(13(16)17)7-11-5-4-6-12-14-9(2)8-15(11)12/h4-8H,3H2,1-2H3,(H,16,17)/b10-7+. The van der Waals surface area contributed by atoms with Gasteiger partial charge < -0.3 is 9.51 Å². The lowest BCUT2D eigenvalue weighted by Gasteiger charge is -2.02. The van der Waals surface area contributed by atoms with Gasteiger partial charge in [-0.3, -0.25) is 0 Å². The van der Waals surface area contributed by atoms with Crippen molar-refractivity contribution in [2.24, 2.45) is 0 Å². The summed E-state index contributed by atoms with van der Waals surface area (Å²) in [5.41, 5.74) is 2.97. The molecule has 2 heterocycles. The van der Waals surface area contributed by atoms with E-state index < -0.39 is 5.97 Å². The van der Waals surface area contributed by atoms with Gasteiger partial charge in [-0.05, 0) is 31.6 Å². The Morgan fingerprint density at radius 2 is 2.29 bits per heavy atom. The molecular weight excluding hydrogens is 216 g/mol. The van der Waals surface area contributed by atoms with E-state index in [-0.39, 0.29) is 0 Å². The lowest BCUT2D eigenvalue weighted by Crippen LogP contribution is -2.00. The smallest absolute Gasteiger partial charge is 0.331 e. The molecule has 0 radical (unpaired) electrons. The Kier molecular flexibility index (Phi) is 2.95. The van der Waals surface area contributed by atoms with E-state index in [4.69, 9.17) is 5.11 Å². The number of hydrogen-bond donors (Lipinski definition) is 1. The summed E-state index contributed by atoms with van der Waals surface area (Å²) in [5.74, 6) is -0.874. The topological polar surface area (TPSA) is 54.6 Å². The molecule has 0 unspecified atom stereocenters. The van der Waals surface area contributed by atoms with Crippen molar-refractivity contribution in [3.8, 4) is 0 Å². The number of pyridine rings is 1. The second-order valence-corrected chi connectivity index (χ2v) is 3.89. The first-order valence-corrected chi connectivity index (χ1v) is 5.50. The Hall–Kier alpha value is -2.10. The van der Waals surface area contributed by atoms with Gasteiger partial charge in [0.25, 0.3) is 0 Å². The zero-order chi connectivity index (χ0) is 12.4.